The number of aromatic amines is 1. The third-order valence-corrected chi connectivity index (χ3v) is 5.33. The van der Waals surface area contributed by atoms with Gasteiger partial charge in [-0.2, -0.15) is 0 Å². The van der Waals surface area contributed by atoms with Gasteiger partial charge >= 0.3 is 5.97 Å². The predicted molar refractivity (Wildman–Crippen MR) is 116 cm³/mol. The summed E-state index contributed by atoms with van der Waals surface area (Å²) in [6.07, 6.45) is 4.30. The van der Waals surface area contributed by atoms with Gasteiger partial charge in [-0.25, -0.2) is 4.39 Å². The Balaban J connectivity index is 1.68. The molecular formula is C23H26FN3O4. The highest BCUT2D eigenvalue weighted by Gasteiger charge is 2.26. The zero-order chi connectivity index (χ0) is 22.5. The Morgan fingerprint density at radius 2 is 1.97 bits per heavy atom. The third kappa shape index (κ3) is 5.02. The molecule has 31 heavy (non-hydrogen) atoms. The fraction of sp³-hybridized carbons (Fsp3) is 0.348. The van der Waals surface area contributed by atoms with Crippen LogP contribution in [0.25, 0.3) is 11.6 Å². The Bertz CT molecular complexity index is 1060. The average Bonchev–Trinajstić information content (AvgIpc) is 3.19. The number of fused-ring (bicyclic) bond motifs is 1. The first kappa shape index (κ1) is 22.3. The Labute approximate surface area is 180 Å². The largest absolute Gasteiger partial charge is 0.469 e. The van der Waals surface area contributed by atoms with E-state index in [2.05, 4.69) is 20.4 Å². The molecule has 1 aliphatic rings. The maximum Gasteiger partial charge on any atom is 0.305 e. The van der Waals surface area contributed by atoms with E-state index in [9.17, 15) is 18.8 Å². The molecule has 2 heterocycles. The Kier molecular flexibility index (Phi) is 6.89. The minimum absolute atomic E-state index is 0.203. The number of hydrogen-bond acceptors (Lipinski definition) is 4. The summed E-state index contributed by atoms with van der Waals surface area (Å²) in [5, 5.41) is 5.61. The van der Waals surface area contributed by atoms with Gasteiger partial charge in [0.1, 0.15) is 5.82 Å². The molecule has 0 saturated carbocycles. The number of unbranched alkanes of at least 4 members (excludes halogenated alkanes) is 2. The van der Waals surface area contributed by atoms with Crippen LogP contribution in [0.5, 0.6) is 0 Å². The molecule has 1 aromatic heterocycles. The van der Waals surface area contributed by atoms with Crippen LogP contribution in [0.3, 0.4) is 0 Å². The van der Waals surface area contributed by atoms with Gasteiger partial charge < -0.3 is 20.4 Å². The fourth-order valence-electron chi connectivity index (χ4n) is 3.67. The number of amides is 2. The summed E-state index contributed by atoms with van der Waals surface area (Å²) in [7, 11) is 1.37. The van der Waals surface area contributed by atoms with E-state index in [1.165, 1.54) is 25.3 Å². The fourth-order valence-corrected chi connectivity index (χ4v) is 3.67. The molecule has 0 spiro atoms. The van der Waals surface area contributed by atoms with E-state index >= 15 is 0 Å². The second kappa shape index (κ2) is 9.59. The third-order valence-electron chi connectivity index (χ3n) is 5.33. The van der Waals surface area contributed by atoms with Gasteiger partial charge in [0.15, 0.2) is 0 Å². The number of methoxy groups -OCH3 is 1. The number of benzene rings is 1. The number of hydrogen-bond donors (Lipinski definition) is 3. The van der Waals surface area contributed by atoms with Crippen LogP contribution in [0.4, 0.5) is 10.1 Å². The molecule has 3 N–H and O–H groups in total. The summed E-state index contributed by atoms with van der Waals surface area (Å²) in [6, 6.07) is 4.14. The molecule has 0 fully saturated rings. The highest BCUT2D eigenvalue weighted by Crippen LogP contribution is 2.34. The highest BCUT2D eigenvalue weighted by atomic mass is 19.1. The Hall–Kier alpha value is -3.42. The minimum atomic E-state index is -0.424. The quantitative estimate of drug-likeness (QED) is 0.340. The van der Waals surface area contributed by atoms with Gasteiger partial charge in [-0.15, -0.1) is 0 Å². The molecule has 164 valence electrons. The van der Waals surface area contributed by atoms with Crippen molar-refractivity contribution in [3.63, 3.8) is 0 Å². The molecule has 1 aliphatic heterocycles. The molecule has 0 unspecified atom stereocenters. The maximum absolute atomic E-state index is 13.7. The van der Waals surface area contributed by atoms with Gasteiger partial charge in [0.2, 0.25) is 0 Å². The van der Waals surface area contributed by atoms with E-state index in [4.69, 9.17) is 0 Å². The lowest BCUT2D eigenvalue weighted by Gasteiger charge is -2.06. The van der Waals surface area contributed by atoms with Crippen molar-refractivity contribution in [3.8, 4) is 0 Å². The van der Waals surface area contributed by atoms with Crippen LogP contribution < -0.4 is 10.6 Å². The first-order valence-electron chi connectivity index (χ1n) is 10.2. The van der Waals surface area contributed by atoms with Gasteiger partial charge in [-0.1, -0.05) is 6.42 Å². The van der Waals surface area contributed by atoms with Gasteiger partial charge in [0.25, 0.3) is 11.8 Å². The summed E-state index contributed by atoms with van der Waals surface area (Å²) >= 11 is 0. The van der Waals surface area contributed by atoms with Crippen molar-refractivity contribution in [2.24, 2.45) is 0 Å². The molecule has 0 aliphatic carbocycles. The van der Waals surface area contributed by atoms with Crippen molar-refractivity contribution < 1.29 is 23.5 Å². The number of aryl methyl sites for hydroxylation is 1. The van der Waals surface area contributed by atoms with Gasteiger partial charge in [0.05, 0.1) is 18.2 Å². The number of carbonyl (C=O) groups excluding carboxylic acids is 3. The molecule has 2 amide bonds. The molecule has 0 radical (unpaired) electrons. The maximum atomic E-state index is 13.7. The van der Waals surface area contributed by atoms with Crippen LogP contribution in [0.1, 0.15) is 58.6 Å². The molecule has 1 aromatic carbocycles. The molecular weight excluding hydrogens is 401 g/mol. The van der Waals surface area contributed by atoms with Crippen molar-refractivity contribution in [1.29, 1.82) is 0 Å². The second-order valence-corrected chi connectivity index (χ2v) is 7.51. The van der Waals surface area contributed by atoms with Crippen molar-refractivity contribution in [2.45, 2.75) is 39.5 Å². The van der Waals surface area contributed by atoms with Crippen LogP contribution in [0.2, 0.25) is 0 Å². The van der Waals surface area contributed by atoms with E-state index in [0.29, 0.717) is 58.7 Å². The molecule has 3 rings (SSSR count). The monoisotopic (exact) mass is 427 g/mol. The zero-order valence-corrected chi connectivity index (χ0v) is 17.9. The Morgan fingerprint density at radius 1 is 1.19 bits per heavy atom. The molecule has 7 nitrogen and oxygen atoms in total. The molecule has 2 aromatic rings. The number of anilines is 1. The normalized spacial score (nSPS) is 13.8. The van der Waals surface area contributed by atoms with E-state index < -0.39 is 5.82 Å². The summed E-state index contributed by atoms with van der Waals surface area (Å²) < 4.78 is 18.3. The molecule has 0 bridgehead atoms. The van der Waals surface area contributed by atoms with E-state index in [1.807, 2.05) is 0 Å². The SMILES string of the molecule is COC(=O)CCCCCNC(=O)c1c(C)[nH]c(C=C2C(=O)Nc3ccc(F)cc32)c1C. The van der Waals surface area contributed by atoms with E-state index in [0.717, 1.165) is 12.8 Å². The van der Waals surface area contributed by atoms with Crippen LogP contribution in [-0.4, -0.2) is 36.4 Å². The van der Waals surface area contributed by atoms with E-state index in [1.54, 1.807) is 19.9 Å². The standard InChI is InChI=1S/C23H26FN3O4/c1-13-19(12-17-16-11-15(24)8-9-18(16)27-22(17)29)26-14(2)21(13)23(30)25-10-6-4-5-7-20(28)31-3/h8-9,11-12,26H,4-7,10H2,1-3H3,(H,25,30)(H,27,29). The van der Waals surface area contributed by atoms with Crippen LogP contribution in [0, 0.1) is 19.7 Å². The number of carbonyl (C=O) groups is 3. The van der Waals surface area contributed by atoms with Crippen LogP contribution in [-0.2, 0) is 14.3 Å². The number of halogens is 1. The molecule has 0 atom stereocenters. The number of ether oxygens (including phenoxy) is 1. The number of aromatic nitrogens is 1. The minimum Gasteiger partial charge on any atom is -0.469 e. The summed E-state index contributed by atoms with van der Waals surface area (Å²) in [6.45, 7) is 4.10. The topological polar surface area (TPSA) is 100 Å². The van der Waals surface area contributed by atoms with E-state index in [-0.39, 0.29) is 17.8 Å². The lowest BCUT2D eigenvalue weighted by atomic mass is 10.0. The lowest BCUT2D eigenvalue weighted by Crippen LogP contribution is -2.25. The number of esters is 1. The van der Waals surface area contributed by atoms with Gasteiger partial charge in [-0.3, -0.25) is 14.4 Å². The average molecular weight is 427 g/mol. The molecule has 8 heteroatoms. The summed E-state index contributed by atoms with van der Waals surface area (Å²) in [5.41, 5.74) is 3.95. The van der Waals surface area contributed by atoms with Crippen molar-refractivity contribution in [1.82, 2.24) is 10.3 Å². The van der Waals surface area contributed by atoms with Gasteiger partial charge in [-0.05, 0) is 56.5 Å². The number of rotatable bonds is 8. The summed E-state index contributed by atoms with van der Waals surface area (Å²) in [4.78, 5) is 39.3. The zero-order valence-electron chi connectivity index (χ0n) is 17.9. The Morgan fingerprint density at radius 3 is 2.71 bits per heavy atom. The molecule has 0 saturated heterocycles. The summed E-state index contributed by atoms with van der Waals surface area (Å²) in [5.74, 6) is -1.17. The first-order valence-corrected chi connectivity index (χ1v) is 10.2. The van der Waals surface area contributed by atoms with Crippen molar-refractivity contribution in [3.05, 3.63) is 52.1 Å². The second-order valence-electron chi connectivity index (χ2n) is 7.51. The predicted octanol–water partition coefficient (Wildman–Crippen LogP) is 3.73. The van der Waals surface area contributed by atoms with Crippen LogP contribution >= 0.6 is 0 Å². The van der Waals surface area contributed by atoms with Gasteiger partial charge in [0, 0.05) is 35.6 Å². The van der Waals surface area contributed by atoms with Crippen molar-refractivity contribution in [2.75, 3.05) is 19.0 Å². The number of H-pyrrole nitrogens is 1. The highest BCUT2D eigenvalue weighted by molar-refractivity contribution is 6.34. The van der Waals surface area contributed by atoms with Crippen molar-refractivity contribution >= 4 is 35.1 Å². The smallest absolute Gasteiger partial charge is 0.305 e. The van der Waals surface area contributed by atoms with Crippen LogP contribution in [0.15, 0.2) is 18.2 Å². The number of nitrogens with one attached hydrogen (secondary N) is 3. The lowest BCUT2D eigenvalue weighted by molar-refractivity contribution is -0.140. The first-order chi connectivity index (χ1) is 14.8.